The lowest BCUT2D eigenvalue weighted by atomic mass is 10.2. The highest BCUT2D eigenvalue weighted by Crippen LogP contribution is 2.34. The van der Waals surface area contributed by atoms with E-state index >= 15 is 0 Å². The summed E-state index contributed by atoms with van der Waals surface area (Å²) in [6.07, 6.45) is 4.62. The van der Waals surface area contributed by atoms with E-state index in [1.807, 2.05) is 30.3 Å². The first kappa shape index (κ1) is 22.4. The van der Waals surface area contributed by atoms with Gasteiger partial charge < -0.3 is 29.4 Å². The van der Waals surface area contributed by atoms with E-state index in [1.54, 1.807) is 11.2 Å². The van der Waals surface area contributed by atoms with Crippen molar-refractivity contribution in [1.29, 1.82) is 0 Å². The Morgan fingerprint density at radius 1 is 0.971 bits per heavy atom. The van der Waals surface area contributed by atoms with Crippen LogP contribution < -0.4 is 25.0 Å². The van der Waals surface area contributed by atoms with Crippen molar-refractivity contribution < 1.29 is 18.7 Å². The summed E-state index contributed by atoms with van der Waals surface area (Å²) in [6, 6.07) is 13.5. The Hall–Kier alpha value is -3.39. The molecule has 1 saturated heterocycles. The quantitative estimate of drug-likeness (QED) is 0.531. The Labute approximate surface area is 199 Å². The molecule has 3 aromatic rings. The van der Waals surface area contributed by atoms with Crippen LogP contribution in [0.15, 0.2) is 53.1 Å². The van der Waals surface area contributed by atoms with Crippen LogP contribution in [0.5, 0.6) is 11.5 Å². The van der Waals surface area contributed by atoms with Gasteiger partial charge in [0.15, 0.2) is 11.5 Å². The zero-order valence-corrected chi connectivity index (χ0v) is 19.4. The van der Waals surface area contributed by atoms with Gasteiger partial charge in [0.05, 0.1) is 5.69 Å². The number of unbranched alkanes of at least 4 members (excludes halogenated alkanes) is 1. The van der Waals surface area contributed by atoms with E-state index in [-0.39, 0.29) is 0 Å². The highest BCUT2D eigenvalue weighted by atomic mass is 16.6. The number of amides is 2. The molecule has 34 heavy (non-hydrogen) atoms. The molecule has 2 aliphatic rings. The van der Waals surface area contributed by atoms with Gasteiger partial charge in [-0.05, 0) is 56.6 Å². The Morgan fingerprint density at radius 2 is 1.82 bits per heavy atom. The summed E-state index contributed by atoms with van der Waals surface area (Å²) in [5.74, 6) is 1.68. The monoisotopic (exact) mass is 464 g/mol. The smallest absolute Gasteiger partial charge is 0.319 e. The predicted octanol–water partition coefficient (Wildman–Crippen LogP) is 4.08. The number of carbonyl (C=O) groups excluding carboxylic acids is 1. The number of nitrogens with two attached hydrogens (primary N) is 1. The fraction of sp³-hybridized carbons (Fsp3) is 0.423. The normalized spacial score (nSPS) is 16.4. The van der Waals surface area contributed by atoms with Gasteiger partial charge in [-0.3, -0.25) is 4.90 Å². The first-order valence-electron chi connectivity index (χ1n) is 12.1. The molecule has 0 radical (unpaired) electrons. The van der Waals surface area contributed by atoms with Gasteiger partial charge in [0.25, 0.3) is 0 Å². The molecule has 8 heteroatoms. The van der Waals surface area contributed by atoms with Crippen molar-refractivity contribution in [1.82, 2.24) is 4.90 Å². The van der Waals surface area contributed by atoms with Gasteiger partial charge in [-0.2, -0.15) is 0 Å². The minimum absolute atomic E-state index is 0.448. The molecule has 0 aliphatic carbocycles. The van der Waals surface area contributed by atoms with Crippen molar-refractivity contribution in [2.75, 3.05) is 62.3 Å². The summed E-state index contributed by atoms with van der Waals surface area (Å²) >= 11 is 0. The van der Waals surface area contributed by atoms with E-state index in [4.69, 9.17) is 19.6 Å². The Morgan fingerprint density at radius 3 is 2.71 bits per heavy atom. The SMILES string of the molecule is NC(=O)N(CCCCN1CCCN(c2ccc3c(c2)OCCO3)CC1)c1coc2ccccc12. The van der Waals surface area contributed by atoms with E-state index in [0.717, 1.165) is 80.1 Å². The molecule has 2 aromatic carbocycles. The number of para-hydroxylation sites is 1. The maximum atomic E-state index is 12.1. The van der Waals surface area contributed by atoms with Gasteiger partial charge >= 0.3 is 6.03 Å². The number of carbonyl (C=O) groups is 1. The van der Waals surface area contributed by atoms with Crippen molar-refractivity contribution in [2.24, 2.45) is 5.73 Å². The molecule has 1 fully saturated rings. The maximum Gasteiger partial charge on any atom is 0.319 e. The van der Waals surface area contributed by atoms with E-state index < -0.39 is 6.03 Å². The molecule has 0 unspecified atom stereocenters. The highest BCUT2D eigenvalue weighted by Gasteiger charge is 2.20. The average Bonchev–Trinajstić information content (AvgIpc) is 3.13. The zero-order chi connectivity index (χ0) is 23.3. The van der Waals surface area contributed by atoms with E-state index in [1.165, 1.54) is 5.69 Å². The molecule has 5 rings (SSSR count). The summed E-state index contributed by atoms with van der Waals surface area (Å²) < 4.78 is 17.0. The second-order valence-electron chi connectivity index (χ2n) is 8.82. The van der Waals surface area contributed by atoms with Crippen molar-refractivity contribution in [2.45, 2.75) is 19.3 Å². The number of hydrogen-bond acceptors (Lipinski definition) is 6. The number of urea groups is 1. The Balaban J connectivity index is 1.12. The minimum Gasteiger partial charge on any atom is -0.486 e. The number of furan rings is 1. The highest BCUT2D eigenvalue weighted by molar-refractivity contribution is 6.01. The van der Waals surface area contributed by atoms with Crippen LogP contribution in [0.2, 0.25) is 0 Å². The molecule has 0 bridgehead atoms. The molecule has 1 aromatic heterocycles. The predicted molar refractivity (Wildman–Crippen MR) is 133 cm³/mol. The van der Waals surface area contributed by atoms with Crippen molar-refractivity contribution in [3.8, 4) is 11.5 Å². The van der Waals surface area contributed by atoms with Gasteiger partial charge in [0.2, 0.25) is 0 Å². The molecule has 2 aliphatic heterocycles. The van der Waals surface area contributed by atoms with Crippen LogP contribution in [0.1, 0.15) is 19.3 Å². The lowest BCUT2D eigenvalue weighted by molar-refractivity contribution is 0.171. The molecule has 180 valence electrons. The number of nitrogens with zero attached hydrogens (tertiary/aromatic N) is 3. The van der Waals surface area contributed by atoms with Crippen molar-refractivity contribution in [3.63, 3.8) is 0 Å². The van der Waals surface area contributed by atoms with Crippen LogP contribution in [0.3, 0.4) is 0 Å². The molecule has 3 heterocycles. The number of hydrogen-bond donors (Lipinski definition) is 1. The van der Waals surface area contributed by atoms with E-state index in [9.17, 15) is 4.79 Å². The summed E-state index contributed by atoms with van der Waals surface area (Å²) in [5, 5.41) is 0.910. The second kappa shape index (κ2) is 10.3. The van der Waals surface area contributed by atoms with Gasteiger partial charge in [0, 0.05) is 43.3 Å². The molecule has 2 amide bonds. The fourth-order valence-electron chi connectivity index (χ4n) is 4.81. The van der Waals surface area contributed by atoms with Crippen molar-refractivity contribution in [3.05, 3.63) is 48.7 Å². The van der Waals surface area contributed by atoms with Crippen LogP contribution in [0.25, 0.3) is 11.0 Å². The largest absolute Gasteiger partial charge is 0.486 e. The zero-order valence-electron chi connectivity index (χ0n) is 19.4. The maximum absolute atomic E-state index is 12.1. The first-order valence-corrected chi connectivity index (χ1v) is 12.1. The third kappa shape index (κ3) is 4.92. The number of primary amides is 1. The number of fused-ring (bicyclic) bond motifs is 2. The van der Waals surface area contributed by atoms with Gasteiger partial charge in [0.1, 0.15) is 25.1 Å². The van der Waals surface area contributed by atoms with E-state index in [0.29, 0.717) is 19.8 Å². The van der Waals surface area contributed by atoms with Crippen LogP contribution in [0.4, 0.5) is 16.2 Å². The third-order valence-corrected chi connectivity index (χ3v) is 6.60. The van der Waals surface area contributed by atoms with Crippen LogP contribution in [-0.4, -0.2) is 63.4 Å². The van der Waals surface area contributed by atoms with E-state index in [2.05, 4.69) is 21.9 Å². The number of anilines is 2. The Bertz CT molecular complexity index is 1130. The van der Waals surface area contributed by atoms with Crippen LogP contribution in [-0.2, 0) is 0 Å². The van der Waals surface area contributed by atoms with Crippen LogP contribution in [0, 0.1) is 0 Å². The molecule has 8 nitrogen and oxygen atoms in total. The molecule has 2 N–H and O–H groups in total. The standard InChI is InChI=1S/C26H32N4O4/c27-26(31)30(22-19-34-23-7-2-1-6-21(22)23)13-4-3-10-28-11-5-12-29(15-14-28)20-8-9-24-25(18-20)33-17-16-32-24/h1-2,6-9,18-19H,3-5,10-17H2,(H2,27,31). The second-order valence-corrected chi connectivity index (χ2v) is 8.82. The third-order valence-electron chi connectivity index (χ3n) is 6.60. The minimum atomic E-state index is -0.448. The average molecular weight is 465 g/mol. The van der Waals surface area contributed by atoms with Crippen molar-refractivity contribution >= 4 is 28.4 Å². The summed E-state index contributed by atoms with van der Waals surface area (Å²) in [5.41, 5.74) is 8.38. The molecular weight excluding hydrogens is 432 g/mol. The topological polar surface area (TPSA) is 84.4 Å². The van der Waals surface area contributed by atoms with Gasteiger partial charge in [-0.15, -0.1) is 0 Å². The number of ether oxygens (including phenoxy) is 2. The lowest BCUT2D eigenvalue weighted by Crippen LogP contribution is -2.37. The fourth-order valence-corrected chi connectivity index (χ4v) is 4.81. The Kier molecular flexibility index (Phi) is 6.76. The summed E-state index contributed by atoms with van der Waals surface area (Å²) in [7, 11) is 0. The summed E-state index contributed by atoms with van der Waals surface area (Å²) in [6.45, 7) is 6.90. The molecule has 0 saturated carbocycles. The lowest BCUT2D eigenvalue weighted by Gasteiger charge is -2.26. The summed E-state index contributed by atoms with van der Waals surface area (Å²) in [4.78, 5) is 18.7. The molecule has 0 atom stereocenters. The van der Waals surface area contributed by atoms with Gasteiger partial charge in [-0.1, -0.05) is 12.1 Å². The molecule has 0 spiro atoms. The van der Waals surface area contributed by atoms with Gasteiger partial charge in [-0.25, -0.2) is 4.79 Å². The number of benzene rings is 2. The first-order chi connectivity index (χ1) is 16.7. The number of rotatable bonds is 7. The molecular formula is C26H32N4O4. The van der Waals surface area contributed by atoms with Crippen LogP contribution >= 0.6 is 0 Å².